The zero-order valence-electron chi connectivity index (χ0n) is 15.8. The van der Waals surface area contributed by atoms with E-state index in [2.05, 4.69) is 41.1 Å². The number of nitrogens with one attached hydrogen (secondary N) is 1. The molecule has 0 spiro atoms. The summed E-state index contributed by atoms with van der Waals surface area (Å²) in [6.07, 6.45) is 0. The van der Waals surface area contributed by atoms with Gasteiger partial charge < -0.3 is 15.0 Å². The van der Waals surface area contributed by atoms with E-state index in [1.54, 1.807) is 24.3 Å². The number of hydrogen-bond acceptors (Lipinski definition) is 4. The lowest BCUT2D eigenvalue weighted by Crippen LogP contribution is -2.48. The van der Waals surface area contributed by atoms with Gasteiger partial charge in [0.05, 0.1) is 0 Å². The third-order valence-electron chi connectivity index (χ3n) is 4.74. The lowest BCUT2D eigenvalue weighted by molar-refractivity contribution is -0.118. The van der Waals surface area contributed by atoms with Gasteiger partial charge in [-0.25, -0.2) is 0 Å². The first kappa shape index (κ1) is 19.5. The molecule has 3 rings (SSSR count). The average molecular weight is 388 g/mol. The number of carbonyl (C=O) groups excluding carboxylic acids is 1. The van der Waals surface area contributed by atoms with E-state index < -0.39 is 0 Å². The van der Waals surface area contributed by atoms with Crippen LogP contribution in [0, 0.1) is 0 Å². The van der Waals surface area contributed by atoms with E-state index in [-0.39, 0.29) is 12.5 Å². The zero-order chi connectivity index (χ0) is 19.2. The highest BCUT2D eigenvalue weighted by Gasteiger charge is 2.18. The van der Waals surface area contributed by atoms with Crippen LogP contribution >= 0.6 is 11.6 Å². The molecule has 0 aromatic heterocycles. The predicted molar refractivity (Wildman–Crippen MR) is 111 cm³/mol. The summed E-state index contributed by atoms with van der Waals surface area (Å²) in [4.78, 5) is 16.9. The van der Waals surface area contributed by atoms with Crippen LogP contribution in [-0.4, -0.2) is 49.6 Å². The normalized spacial score (nSPS) is 15.0. The molecule has 27 heavy (non-hydrogen) atoms. The van der Waals surface area contributed by atoms with Gasteiger partial charge in [-0.15, -0.1) is 0 Å². The van der Waals surface area contributed by atoms with Crippen LogP contribution in [0.5, 0.6) is 5.75 Å². The Morgan fingerprint density at radius 2 is 1.67 bits per heavy atom. The van der Waals surface area contributed by atoms with Crippen LogP contribution in [0.1, 0.15) is 13.8 Å². The first-order valence-corrected chi connectivity index (χ1v) is 9.66. The van der Waals surface area contributed by atoms with Crippen LogP contribution < -0.4 is 15.0 Å². The zero-order valence-corrected chi connectivity index (χ0v) is 16.6. The molecule has 0 saturated carbocycles. The van der Waals surface area contributed by atoms with Gasteiger partial charge in [0.15, 0.2) is 6.61 Å². The molecule has 1 fully saturated rings. The number of piperazine rings is 1. The molecule has 0 aliphatic carbocycles. The monoisotopic (exact) mass is 387 g/mol. The molecule has 2 aromatic rings. The van der Waals surface area contributed by atoms with Gasteiger partial charge in [0.25, 0.3) is 5.91 Å². The average Bonchev–Trinajstić information content (AvgIpc) is 2.68. The number of anilines is 2. The standard InChI is InChI=1S/C21H26ClN3O2/c1-16(2)24-11-13-25(14-12-24)19-7-5-18(6-8-19)23-21(26)15-27-20-9-3-17(22)4-10-20/h3-10,16H,11-15H2,1-2H3,(H,23,26). The lowest BCUT2D eigenvalue weighted by Gasteiger charge is -2.38. The Hall–Kier alpha value is -2.24. The topological polar surface area (TPSA) is 44.8 Å². The van der Waals surface area contributed by atoms with Crippen molar-refractivity contribution < 1.29 is 9.53 Å². The molecule has 1 saturated heterocycles. The van der Waals surface area contributed by atoms with Gasteiger partial charge in [0.2, 0.25) is 0 Å². The summed E-state index contributed by atoms with van der Waals surface area (Å²) >= 11 is 5.83. The minimum atomic E-state index is -0.191. The SMILES string of the molecule is CC(C)N1CCN(c2ccc(NC(=O)COc3ccc(Cl)cc3)cc2)CC1. The van der Waals surface area contributed by atoms with Crippen molar-refractivity contribution in [2.75, 3.05) is 43.0 Å². The first-order chi connectivity index (χ1) is 13.0. The number of amides is 1. The van der Waals surface area contributed by atoms with Crippen LogP contribution in [0.3, 0.4) is 0 Å². The highest BCUT2D eigenvalue weighted by molar-refractivity contribution is 6.30. The number of nitrogens with zero attached hydrogens (tertiary/aromatic N) is 2. The van der Waals surface area contributed by atoms with Crippen molar-refractivity contribution in [3.05, 3.63) is 53.6 Å². The molecule has 6 heteroatoms. The molecule has 0 bridgehead atoms. The Morgan fingerprint density at radius 3 is 2.26 bits per heavy atom. The molecule has 0 unspecified atom stereocenters. The van der Waals surface area contributed by atoms with Gasteiger partial charge in [-0.05, 0) is 62.4 Å². The molecule has 1 N–H and O–H groups in total. The first-order valence-electron chi connectivity index (χ1n) is 9.28. The molecule has 144 valence electrons. The predicted octanol–water partition coefficient (Wildman–Crippen LogP) is 3.89. The summed E-state index contributed by atoms with van der Waals surface area (Å²) in [5.41, 5.74) is 1.96. The highest BCUT2D eigenvalue weighted by Crippen LogP contribution is 2.20. The third-order valence-corrected chi connectivity index (χ3v) is 5.00. The second-order valence-electron chi connectivity index (χ2n) is 6.95. The van der Waals surface area contributed by atoms with Crippen molar-refractivity contribution in [3.8, 4) is 5.75 Å². The Labute approximate surface area is 165 Å². The van der Waals surface area contributed by atoms with Gasteiger partial charge in [-0.3, -0.25) is 9.69 Å². The fraction of sp³-hybridized carbons (Fsp3) is 0.381. The van der Waals surface area contributed by atoms with E-state index in [1.807, 2.05) is 12.1 Å². The summed E-state index contributed by atoms with van der Waals surface area (Å²) in [6.45, 7) is 8.65. The fourth-order valence-electron chi connectivity index (χ4n) is 3.13. The number of ether oxygens (including phenoxy) is 1. The van der Waals surface area contributed by atoms with E-state index >= 15 is 0 Å². The van der Waals surface area contributed by atoms with Crippen molar-refractivity contribution in [1.82, 2.24) is 4.90 Å². The van der Waals surface area contributed by atoms with Gasteiger partial charge in [-0.1, -0.05) is 11.6 Å². The van der Waals surface area contributed by atoms with Crippen molar-refractivity contribution in [3.63, 3.8) is 0 Å². The summed E-state index contributed by atoms with van der Waals surface area (Å²) < 4.78 is 5.46. The Morgan fingerprint density at radius 1 is 1.04 bits per heavy atom. The van der Waals surface area contributed by atoms with Gasteiger partial charge in [0.1, 0.15) is 5.75 Å². The molecular weight excluding hydrogens is 362 g/mol. The lowest BCUT2D eigenvalue weighted by atomic mass is 10.2. The summed E-state index contributed by atoms with van der Waals surface area (Å²) in [5.74, 6) is 0.425. The molecule has 1 amide bonds. The quantitative estimate of drug-likeness (QED) is 0.816. The molecule has 1 aliphatic heterocycles. The van der Waals surface area contributed by atoms with E-state index in [0.29, 0.717) is 16.8 Å². The molecule has 0 radical (unpaired) electrons. The van der Waals surface area contributed by atoms with Crippen molar-refractivity contribution in [2.45, 2.75) is 19.9 Å². The molecule has 2 aromatic carbocycles. The number of halogens is 1. The van der Waals surface area contributed by atoms with Crippen LogP contribution in [0.25, 0.3) is 0 Å². The molecule has 1 aliphatic rings. The van der Waals surface area contributed by atoms with Crippen LogP contribution in [-0.2, 0) is 4.79 Å². The summed E-state index contributed by atoms with van der Waals surface area (Å²) in [7, 11) is 0. The maximum atomic E-state index is 12.1. The summed E-state index contributed by atoms with van der Waals surface area (Å²) in [5, 5.41) is 3.50. The maximum Gasteiger partial charge on any atom is 0.262 e. The summed E-state index contributed by atoms with van der Waals surface area (Å²) in [6, 6.07) is 15.5. The molecule has 5 nitrogen and oxygen atoms in total. The Kier molecular flexibility index (Phi) is 6.58. The smallest absolute Gasteiger partial charge is 0.262 e. The highest BCUT2D eigenvalue weighted by atomic mass is 35.5. The third kappa shape index (κ3) is 5.62. The van der Waals surface area contributed by atoms with E-state index in [9.17, 15) is 4.79 Å². The van der Waals surface area contributed by atoms with E-state index in [1.165, 1.54) is 5.69 Å². The number of benzene rings is 2. The minimum absolute atomic E-state index is 0.0411. The number of rotatable bonds is 6. The second-order valence-corrected chi connectivity index (χ2v) is 7.39. The largest absolute Gasteiger partial charge is 0.484 e. The number of hydrogen-bond donors (Lipinski definition) is 1. The minimum Gasteiger partial charge on any atom is -0.484 e. The maximum absolute atomic E-state index is 12.1. The van der Waals surface area contributed by atoms with Crippen molar-refractivity contribution in [1.29, 1.82) is 0 Å². The van der Waals surface area contributed by atoms with Crippen molar-refractivity contribution >= 4 is 28.9 Å². The van der Waals surface area contributed by atoms with E-state index in [4.69, 9.17) is 16.3 Å². The van der Waals surface area contributed by atoms with Crippen molar-refractivity contribution in [2.24, 2.45) is 0 Å². The van der Waals surface area contributed by atoms with E-state index in [0.717, 1.165) is 31.9 Å². The van der Waals surface area contributed by atoms with Gasteiger partial charge in [0, 0.05) is 48.6 Å². The van der Waals surface area contributed by atoms with Crippen LogP contribution in [0.15, 0.2) is 48.5 Å². The Balaban J connectivity index is 1.47. The molecular formula is C21H26ClN3O2. The fourth-order valence-corrected chi connectivity index (χ4v) is 3.25. The Bertz CT molecular complexity index is 739. The molecule has 0 atom stereocenters. The van der Waals surface area contributed by atoms with Crippen LogP contribution in [0.4, 0.5) is 11.4 Å². The molecule has 1 heterocycles. The second kappa shape index (κ2) is 9.11. The van der Waals surface area contributed by atoms with Gasteiger partial charge in [-0.2, -0.15) is 0 Å². The number of carbonyl (C=O) groups is 1. The van der Waals surface area contributed by atoms with Crippen LogP contribution in [0.2, 0.25) is 5.02 Å². The van der Waals surface area contributed by atoms with Gasteiger partial charge >= 0.3 is 0 Å².